The van der Waals surface area contributed by atoms with E-state index >= 15 is 0 Å². The van der Waals surface area contributed by atoms with Gasteiger partial charge >= 0.3 is 0 Å². The zero-order valence-corrected chi connectivity index (χ0v) is 12.2. The summed E-state index contributed by atoms with van der Waals surface area (Å²) < 4.78 is 0. The van der Waals surface area contributed by atoms with Crippen LogP contribution < -0.4 is 16.4 Å². The number of hydrogen-bond donors (Lipinski definition) is 3. The van der Waals surface area contributed by atoms with Crippen LogP contribution in [0, 0.1) is 11.3 Å². The van der Waals surface area contributed by atoms with Crippen LogP contribution in [0.5, 0.6) is 0 Å². The average Bonchev–Trinajstić information content (AvgIpc) is 2.35. The van der Waals surface area contributed by atoms with E-state index in [1.54, 1.807) is 7.05 Å². The van der Waals surface area contributed by atoms with Gasteiger partial charge in [0.05, 0.1) is 5.41 Å². The van der Waals surface area contributed by atoms with Crippen molar-refractivity contribution in [3.63, 3.8) is 0 Å². The van der Waals surface area contributed by atoms with Crippen LogP contribution in [0.3, 0.4) is 0 Å². The summed E-state index contributed by atoms with van der Waals surface area (Å²) in [6.07, 6.45) is 1.27. The molecule has 0 aromatic carbocycles. The first-order chi connectivity index (χ1) is 8.30. The molecule has 0 saturated heterocycles. The zero-order valence-electron chi connectivity index (χ0n) is 12.2. The van der Waals surface area contributed by atoms with Gasteiger partial charge in [-0.1, -0.05) is 20.8 Å². The Bertz CT molecular complexity index is 286. The Morgan fingerprint density at radius 1 is 1.33 bits per heavy atom. The Morgan fingerprint density at radius 2 is 1.89 bits per heavy atom. The molecule has 2 unspecified atom stereocenters. The maximum Gasteiger partial charge on any atom is 0.242 e. The summed E-state index contributed by atoms with van der Waals surface area (Å²) in [4.78, 5) is 23.9. The highest BCUT2D eigenvalue weighted by atomic mass is 16.2. The molecule has 5 heteroatoms. The molecule has 0 aromatic heterocycles. The molecule has 0 spiro atoms. The van der Waals surface area contributed by atoms with Crippen LogP contribution in [-0.2, 0) is 9.59 Å². The third-order valence-electron chi connectivity index (χ3n) is 3.35. The lowest BCUT2D eigenvalue weighted by Gasteiger charge is -2.28. The normalized spacial score (nSPS) is 15.9. The van der Waals surface area contributed by atoms with E-state index in [0.29, 0.717) is 18.8 Å². The van der Waals surface area contributed by atoms with Crippen molar-refractivity contribution in [3.05, 3.63) is 0 Å². The lowest BCUT2D eigenvalue weighted by molar-refractivity contribution is -0.134. The van der Waals surface area contributed by atoms with Gasteiger partial charge in [0, 0.05) is 13.6 Å². The van der Waals surface area contributed by atoms with Gasteiger partial charge in [0.2, 0.25) is 11.8 Å². The molecule has 0 aromatic rings. The fourth-order valence-corrected chi connectivity index (χ4v) is 1.61. The van der Waals surface area contributed by atoms with Crippen molar-refractivity contribution in [2.24, 2.45) is 17.1 Å². The van der Waals surface area contributed by atoms with Crippen LogP contribution in [0.1, 0.15) is 40.5 Å². The van der Waals surface area contributed by atoms with Crippen LogP contribution in [-0.4, -0.2) is 31.4 Å². The van der Waals surface area contributed by atoms with E-state index < -0.39 is 11.5 Å². The minimum absolute atomic E-state index is 0.151. The topological polar surface area (TPSA) is 84.2 Å². The van der Waals surface area contributed by atoms with Crippen LogP contribution in [0.4, 0.5) is 0 Å². The van der Waals surface area contributed by atoms with Gasteiger partial charge in [-0.3, -0.25) is 9.59 Å². The van der Waals surface area contributed by atoms with Crippen LogP contribution in [0.2, 0.25) is 0 Å². The lowest BCUT2D eigenvalue weighted by Crippen LogP contribution is -2.52. The number of nitrogens with one attached hydrogen (secondary N) is 2. The lowest BCUT2D eigenvalue weighted by atomic mass is 9.86. The van der Waals surface area contributed by atoms with E-state index in [4.69, 9.17) is 5.73 Å². The summed E-state index contributed by atoms with van der Waals surface area (Å²) in [6.45, 7) is 8.05. The molecular weight excluding hydrogens is 230 g/mol. The first-order valence-corrected chi connectivity index (χ1v) is 6.53. The van der Waals surface area contributed by atoms with E-state index in [0.717, 1.165) is 0 Å². The molecule has 0 aliphatic heterocycles. The molecule has 0 radical (unpaired) electrons. The average molecular weight is 257 g/mol. The Hall–Kier alpha value is -1.10. The highest BCUT2D eigenvalue weighted by Gasteiger charge is 2.32. The quantitative estimate of drug-likeness (QED) is 0.625. The molecule has 0 saturated carbocycles. The molecule has 0 heterocycles. The summed E-state index contributed by atoms with van der Waals surface area (Å²) in [5.74, 6) is 0.0210. The number of carbonyl (C=O) groups is 2. The number of hydrogen-bond acceptors (Lipinski definition) is 3. The highest BCUT2D eigenvalue weighted by Crippen LogP contribution is 2.20. The molecule has 2 atom stereocenters. The van der Waals surface area contributed by atoms with E-state index in [9.17, 15) is 9.59 Å². The number of nitrogens with two attached hydrogens (primary N) is 1. The standard InChI is InChI=1S/C13H27N3O2/c1-6-13(4,8-14)12(18)16-10(7-9(2)3)11(17)15-5/h9-10H,6-8,14H2,1-5H3,(H,15,17)(H,16,18). The maximum atomic E-state index is 12.2. The Morgan fingerprint density at radius 3 is 2.22 bits per heavy atom. The van der Waals surface area contributed by atoms with Crippen molar-refractivity contribution in [3.8, 4) is 0 Å². The molecule has 0 bridgehead atoms. The van der Waals surface area contributed by atoms with Gasteiger partial charge in [-0.25, -0.2) is 0 Å². The maximum absolute atomic E-state index is 12.2. The Balaban J connectivity index is 4.77. The monoisotopic (exact) mass is 257 g/mol. The van der Waals surface area contributed by atoms with Gasteiger partial charge < -0.3 is 16.4 Å². The third-order valence-corrected chi connectivity index (χ3v) is 3.35. The highest BCUT2D eigenvalue weighted by molar-refractivity contribution is 5.89. The summed E-state index contributed by atoms with van der Waals surface area (Å²) in [5.41, 5.74) is 5.03. The number of carbonyl (C=O) groups excluding carboxylic acids is 2. The molecule has 4 N–H and O–H groups in total. The second kappa shape index (κ2) is 7.36. The van der Waals surface area contributed by atoms with E-state index in [2.05, 4.69) is 10.6 Å². The minimum atomic E-state index is -0.608. The van der Waals surface area contributed by atoms with Gasteiger partial charge in [0.25, 0.3) is 0 Å². The van der Waals surface area contributed by atoms with Crippen molar-refractivity contribution in [1.82, 2.24) is 10.6 Å². The van der Waals surface area contributed by atoms with Crippen molar-refractivity contribution in [1.29, 1.82) is 0 Å². The molecule has 0 rings (SSSR count). The first kappa shape index (κ1) is 16.9. The van der Waals surface area contributed by atoms with Gasteiger partial charge in [-0.15, -0.1) is 0 Å². The number of amides is 2. The predicted molar refractivity (Wildman–Crippen MR) is 72.9 cm³/mol. The smallest absolute Gasteiger partial charge is 0.242 e. The molecular formula is C13H27N3O2. The van der Waals surface area contributed by atoms with E-state index in [-0.39, 0.29) is 18.4 Å². The molecule has 2 amide bonds. The molecule has 0 aliphatic rings. The van der Waals surface area contributed by atoms with Gasteiger partial charge in [-0.05, 0) is 25.7 Å². The van der Waals surface area contributed by atoms with Gasteiger partial charge in [-0.2, -0.15) is 0 Å². The van der Waals surface area contributed by atoms with Gasteiger partial charge in [0.15, 0.2) is 0 Å². The minimum Gasteiger partial charge on any atom is -0.357 e. The van der Waals surface area contributed by atoms with Crippen molar-refractivity contribution < 1.29 is 9.59 Å². The van der Waals surface area contributed by atoms with Crippen LogP contribution in [0.25, 0.3) is 0 Å². The number of likely N-dealkylation sites (N-methyl/N-ethyl adjacent to an activating group) is 1. The number of rotatable bonds is 7. The summed E-state index contributed by atoms with van der Waals surface area (Å²) >= 11 is 0. The Labute approximate surface area is 110 Å². The van der Waals surface area contributed by atoms with Crippen LogP contribution in [0.15, 0.2) is 0 Å². The second-order valence-electron chi connectivity index (χ2n) is 5.39. The molecule has 0 aliphatic carbocycles. The van der Waals surface area contributed by atoms with Crippen LogP contribution >= 0.6 is 0 Å². The SMILES string of the molecule is CCC(C)(CN)C(=O)NC(CC(C)C)C(=O)NC. The molecule has 18 heavy (non-hydrogen) atoms. The van der Waals surface area contributed by atoms with Crippen molar-refractivity contribution >= 4 is 11.8 Å². The van der Waals surface area contributed by atoms with E-state index in [1.165, 1.54) is 0 Å². The van der Waals surface area contributed by atoms with Crippen molar-refractivity contribution in [2.45, 2.75) is 46.6 Å². The first-order valence-electron chi connectivity index (χ1n) is 6.53. The Kier molecular flexibility index (Phi) is 6.91. The zero-order chi connectivity index (χ0) is 14.3. The second-order valence-corrected chi connectivity index (χ2v) is 5.39. The van der Waals surface area contributed by atoms with Gasteiger partial charge in [0.1, 0.15) is 6.04 Å². The summed E-state index contributed by atoms with van der Waals surface area (Å²) in [6, 6.07) is -0.486. The molecule has 5 nitrogen and oxygen atoms in total. The molecule has 106 valence electrons. The molecule has 0 fully saturated rings. The fraction of sp³-hybridized carbons (Fsp3) is 0.846. The third kappa shape index (κ3) is 4.64. The largest absolute Gasteiger partial charge is 0.357 e. The predicted octanol–water partition coefficient (Wildman–Crippen LogP) is 0.638. The summed E-state index contributed by atoms with van der Waals surface area (Å²) in [7, 11) is 1.57. The summed E-state index contributed by atoms with van der Waals surface area (Å²) in [5, 5.41) is 5.39. The van der Waals surface area contributed by atoms with E-state index in [1.807, 2.05) is 27.7 Å². The fourth-order valence-electron chi connectivity index (χ4n) is 1.61. The van der Waals surface area contributed by atoms with Crippen molar-refractivity contribution in [2.75, 3.05) is 13.6 Å².